The van der Waals surface area contributed by atoms with Crippen molar-refractivity contribution in [2.45, 2.75) is 85.8 Å². The summed E-state index contributed by atoms with van der Waals surface area (Å²) in [6.45, 7) is 15.9. The lowest BCUT2D eigenvalue weighted by Crippen LogP contribution is -2.52. The van der Waals surface area contributed by atoms with E-state index in [1.54, 1.807) is 27.0 Å². The third-order valence-corrected chi connectivity index (χ3v) is 5.83. The average Bonchev–Trinajstić information content (AvgIpc) is 2.98. The Labute approximate surface area is 196 Å². The van der Waals surface area contributed by atoms with Crippen molar-refractivity contribution in [1.82, 2.24) is 25.6 Å². The number of hydrogen-bond donors (Lipinski definition) is 3. The van der Waals surface area contributed by atoms with E-state index in [1.807, 2.05) is 13.8 Å². The van der Waals surface area contributed by atoms with Gasteiger partial charge >= 0.3 is 6.09 Å². The normalized spacial score (nSPS) is 15.5. The summed E-state index contributed by atoms with van der Waals surface area (Å²) in [5.74, 6) is -0.349. The van der Waals surface area contributed by atoms with Crippen LogP contribution in [0.5, 0.6) is 0 Å². The Morgan fingerprint density at radius 3 is 2.55 bits per heavy atom. The van der Waals surface area contributed by atoms with Crippen molar-refractivity contribution in [3.8, 4) is 11.4 Å². The first-order valence-corrected chi connectivity index (χ1v) is 11.5. The van der Waals surface area contributed by atoms with E-state index in [9.17, 15) is 9.59 Å². The summed E-state index contributed by atoms with van der Waals surface area (Å²) in [6.07, 6.45) is 5.79. The Kier molecular flexibility index (Phi) is 6.60. The van der Waals surface area contributed by atoms with Crippen LogP contribution in [0, 0.1) is 12.3 Å². The van der Waals surface area contributed by atoms with E-state index in [1.165, 1.54) is 23.0 Å². The van der Waals surface area contributed by atoms with Crippen molar-refractivity contribution in [1.29, 1.82) is 0 Å². The summed E-state index contributed by atoms with van der Waals surface area (Å²) in [5.41, 5.74) is 4.57. The highest BCUT2D eigenvalue weighted by Crippen LogP contribution is 2.38. The van der Waals surface area contributed by atoms with Gasteiger partial charge in [-0.2, -0.15) is 0 Å². The van der Waals surface area contributed by atoms with Crippen molar-refractivity contribution in [3.05, 3.63) is 34.9 Å². The van der Waals surface area contributed by atoms with Crippen molar-refractivity contribution in [2.24, 2.45) is 5.41 Å². The van der Waals surface area contributed by atoms with Crippen LogP contribution in [-0.2, 0) is 17.6 Å². The van der Waals surface area contributed by atoms with Gasteiger partial charge in [-0.15, -0.1) is 0 Å². The minimum Gasteiger partial charge on any atom is -0.444 e. The van der Waals surface area contributed by atoms with Crippen LogP contribution in [0.3, 0.4) is 0 Å². The molecule has 3 rings (SSSR count). The fourth-order valence-electron chi connectivity index (χ4n) is 4.08. The van der Waals surface area contributed by atoms with Gasteiger partial charge in [0, 0.05) is 12.2 Å². The van der Waals surface area contributed by atoms with Crippen LogP contribution in [-0.4, -0.2) is 44.6 Å². The number of amides is 2. The largest absolute Gasteiger partial charge is 0.444 e. The number of carbonyl (C=O) groups excluding carboxylic acids is 2. The second-order valence-electron chi connectivity index (χ2n) is 11.4. The van der Waals surface area contributed by atoms with Crippen molar-refractivity contribution >= 4 is 12.0 Å². The van der Waals surface area contributed by atoms with E-state index < -0.39 is 17.2 Å². The van der Waals surface area contributed by atoms with Crippen molar-refractivity contribution < 1.29 is 14.3 Å². The lowest BCUT2D eigenvalue weighted by Gasteiger charge is -2.29. The summed E-state index contributed by atoms with van der Waals surface area (Å²) < 4.78 is 5.30. The number of ether oxygens (including phenoxy) is 1. The molecule has 2 aromatic rings. The predicted molar refractivity (Wildman–Crippen MR) is 128 cm³/mol. The molecule has 33 heavy (non-hydrogen) atoms. The molecule has 2 amide bonds. The maximum Gasteiger partial charge on any atom is 0.408 e. The molecule has 8 nitrogen and oxygen atoms in total. The fraction of sp³-hybridized carbons (Fsp3) is 0.600. The van der Waals surface area contributed by atoms with E-state index in [4.69, 9.17) is 4.74 Å². The number of nitrogens with zero attached hydrogens (tertiary/aromatic N) is 2. The molecule has 0 radical (unpaired) electrons. The lowest BCUT2D eigenvalue weighted by molar-refractivity contribution is 0.0469. The van der Waals surface area contributed by atoms with Gasteiger partial charge in [-0.25, -0.2) is 9.78 Å². The maximum atomic E-state index is 12.8. The number of aromatic nitrogens is 3. The molecule has 0 unspecified atom stereocenters. The Hall–Kier alpha value is -2.90. The second kappa shape index (κ2) is 8.80. The minimum absolute atomic E-state index is 0.210. The number of alkyl carbamates (subject to hydrolysis) is 1. The van der Waals surface area contributed by atoms with E-state index >= 15 is 0 Å². The molecule has 2 aromatic heterocycles. The van der Waals surface area contributed by atoms with Crippen LogP contribution < -0.4 is 10.6 Å². The number of carbonyl (C=O) groups is 2. The summed E-state index contributed by atoms with van der Waals surface area (Å²) >= 11 is 0. The van der Waals surface area contributed by atoms with Gasteiger partial charge in [0.1, 0.15) is 17.0 Å². The highest BCUT2D eigenvalue weighted by atomic mass is 16.6. The van der Waals surface area contributed by atoms with Gasteiger partial charge in [0.15, 0.2) is 0 Å². The quantitative estimate of drug-likeness (QED) is 0.622. The summed E-state index contributed by atoms with van der Waals surface area (Å²) in [7, 11) is 0. The number of rotatable bonds is 5. The summed E-state index contributed by atoms with van der Waals surface area (Å²) in [4.78, 5) is 37.2. The Morgan fingerprint density at radius 1 is 1.18 bits per heavy atom. The van der Waals surface area contributed by atoms with E-state index in [-0.39, 0.29) is 23.6 Å². The van der Waals surface area contributed by atoms with Crippen LogP contribution >= 0.6 is 0 Å². The van der Waals surface area contributed by atoms with Crippen LogP contribution in [0.25, 0.3) is 11.4 Å². The number of aromatic amines is 1. The molecule has 0 bridgehead atoms. The number of nitrogens with one attached hydrogen (secondary N) is 3. The van der Waals surface area contributed by atoms with Crippen LogP contribution in [0.4, 0.5) is 4.79 Å². The number of H-pyrrole nitrogens is 1. The predicted octanol–water partition coefficient (Wildman–Crippen LogP) is 4.33. The van der Waals surface area contributed by atoms with Crippen LogP contribution in [0.15, 0.2) is 12.4 Å². The van der Waals surface area contributed by atoms with E-state index in [2.05, 4.69) is 46.4 Å². The van der Waals surface area contributed by atoms with Crippen LogP contribution in [0.2, 0.25) is 0 Å². The molecule has 0 saturated carbocycles. The third-order valence-electron chi connectivity index (χ3n) is 5.83. The first kappa shape index (κ1) is 24.7. The monoisotopic (exact) mass is 455 g/mol. The first-order chi connectivity index (χ1) is 15.2. The Balaban J connectivity index is 1.70. The second-order valence-corrected chi connectivity index (χ2v) is 11.4. The SMILES string of the molecule is Cc1c(-c2cncc(C(=O)NCC(C)(C)NC(=O)OC(C)(C)C)n2)[nH]c2c1CCC(C)(C)C2. The lowest BCUT2D eigenvalue weighted by atomic mass is 9.76. The van der Waals surface area contributed by atoms with Gasteiger partial charge in [0.2, 0.25) is 0 Å². The zero-order valence-corrected chi connectivity index (χ0v) is 21.1. The molecular weight excluding hydrogens is 418 g/mol. The van der Waals surface area contributed by atoms with Gasteiger partial charge < -0.3 is 20.4 Å². The standard InChI is InChI=1S/C25H37N5O3/c1-15-16-9-10-24(5,6)11-17(16)29-20(15)18-12-26-13-19(28-18)21(31)27-14-25(7,8)30-22(32)33-23(2,3)4/h12-13,29H,9-11,14H2,1-8H3,(H,27,31)(H,30,32). The molecule has 3 N–H and O–H groups in total. The Morgan fingerprint density at radius 2 is 1.88 bits per heavy atom. The van der Waals surface area contributed by atoms with Gasteiger partial charge in [-0.3, -0.25) is 9.78 Å². The van der Waals surface area contributed by atoms with Crippen LogP contribution in [0.1, 0.15) is 82.2 Å². The first-order valence-electron chi connectivity index (χ1n) is 11.5. The molecule has 0 aromatic carbocycles. The average molecular weight is 456 g/mol. The van der Waals surface area contributed by atoms with Gasteiger partial charge in [-0.05, 0) is 77.3 Å². The molecular formula is C25H37N5O3. The highest BCUT2D eigenvalue weighted by molar-refractivity contribution is 5.92. The van der Waals surface area contributed by atoms with Gasteiger partial charge in [-0.1, -0.05) is 13.8 Å². The van der Waals surface area contributed by atoms with Crippen molar-refractivity contribution in [3.63, 3.8) is 0 Å². The van der Waals surface area contributed by atoms with Gasteiger partial charge in [0.25, 0.3) is 5.91 Å². The number of hydrogen-bond acceptors (Lipinski definition) is 5. The Bertz CT molecular complexity index is 1050. The molecule has 0 spiro atoms. The molecule has 2 heterocycles. The molecule has 180 valence electrons. The highest BCUT2D eigenvalue weighted by Gasteiger charge is 2.29. The minimum atomic E-state index is -0.703. The summed E-state index contributed by atoms with van der Waals surface area (Å²) in [5, 5.41) is 5.62. The van der Waals surface area contributed by atoms with Crippen molar-refractivity contribution in [2.75, 3.05) is 6.54 Å². The molecule has 0 fully saturated rings. The maximum absolute atomic E-state index is 12.8. The molecule has 1 aliphatic carbocycles. The topological polar surface area (TPSA) is 109 Å². The molecule has 1 aliphatic rings. The summed E-state index contributed by atoms with van der Waals surface area (Å²) in [6, 6.07) is 0. The third kappa shape index (κ3) is 6.33. The molecule has 0 aliphatic heterocycles. The van der Waals surface area contributed by atoms with Gasteiger partial charge in [0.05, 0.1) is 23.6 Å². The zero-order chi connectivity index (χ0) is 24.6. The fourth-order valence-corrected chi connectivity index (χ4v) is 4.08. The molecule has 0 saturated heterocycles. The van der Waals surface area contributed by atoms with E-state index in [0.29, 0.717) is 5.69 Å². The number of fused-ring (bicyclic) bond motifs is 1. The smallest absolute Gasteiger partial charge is 0.408 e. The molecule has 0 atom stereocenters. The molecule has 8 heteroatoms. The van der Waals surface area contributed by atoms with E-state index in [0.717, 1.165) is 25.0 Å². The zero-order valence-electron chi connectivity index (χ0n) is 21.1.